The van der Waals surface area contributed by atoms with Gasteiger partial charge in [-0.05, 0) is 215 Å². The Morgan fingerprint density at radius 3 is 1.02 bits per heavy atom. The van der Waals surface area contributed by atoms with Crippen molar-refractivity contribution in [3.63, 3.8) is 0 Å². The van der Waals surface area contributed by atoms with Gasteiger partial charge in [-0.3, -0.25) is 0 Å². The number of hydrogen-bond acceptors (Lipinski definition) is 2. The van der Waals surface area contributed by atoms with E-state index in [-0.39, 0.29) is 0 Å². The summed E-state index contributed by atoms with van der Waals surface area (Å²) in [6.45, 7) is 12.8. The summed E-state index contributed by atoms with van der Waals surface area (Å²) in [5.41, 5.74) is 30.9. The summed E-state index contributed by atoms with van der Waals surface area (Å²) in [5.74, 6) is 0. The number of para-hydroxylation sites is 10. The van der Waals surface area contributed by atoms with Crippen molar-refractivity contribution in [1.82, 2.24) is 22.8 Å². The van der Waals surface area contributed by atoms with Gasteiger partial charge >= 0.3 is 0 Å². The first kappa shape index (κ1) is 78.5. The van der Waals surface area contributed by atoms with Gasteiger partial charge in [-0.15, -0.1) is 11.3 Å². The zero-order valence-corrected chi connectivity index (χ0v) is 72.5. The van der Waals surface area contributed by atoms with Gasteiger partial charge in [0.15, 0.2) is 0 Å². The van der Waals surface area contributed by atoms with Crippen molar-refractivity contribution in [1.29, 1.82) is 0 Å². The lowest BCUT2D eigenvalue weighted by atomic mass is 10.0. The zero-order valence-electron chi connectivity index (χ0n) is 71.7. The normalized spacial score (nSPS) is 11.4. The highest BCUT2D eigenvalue weighted by atomic mass is 32.1. The fourth-order valence-corrected chi connectivity index (χ4v) is 19.8. The van der Waals surface area contributed by atoms with Crippen LogP contribution in [0.1, 0.15) is 33.4 Å². The highest BCUT2D eigenvalue weighted by Crippen LogP contribution is 2.43. The molecule has 0 aliphatic carbocycles. The number of nitrogens with zero attached hydrogens (tertiary/aromatic N) is 5. The van der Waals surface area contributed by atoms with Crippen LogP contribution in [0.2, 0.25) is 0 Å². The van der Waals surface area contributed by atoms with Crippen LogP contribution in [0.4, 0.5) is 0 Å². The molecule has 0 saturated heterocycles. The van der Waals surface area contributed by atoms with Crippen molar-refractivity contribution < 1.29 is 4.42 Å². The van der Waals surface area contributed by atoms with Gasteiger partial charge in [0.25, 0.3) is 0 Å². The molecule has 127 heavy (non-hydrogen) atoms. The number of aryl methyl sites for hydroxylation is 6. The summed E-state index contributed by atoms with van der Waals surface area (Å²) in [7, 11) is 0. The van der Waals surface area contributed by atoms with E-state index in [9.17, 15) is 0 Å². The molecule has 6 nitrogen and oxygen atoms in total. The molecule has 0 N–H and O–H groups in total. The molecule has 0 radical (unpaired) electrons. The molecule has 608 valence electrons. The SMILES string of the molecule is Cc1ccc(-c2ccc3oc4ccccc4c3c2)cc1.Cc1ccc(-n2c3ccccc3c3ccccc32)cc1.Cc1ccc2c(c1)c1ccccc1n2-c1ccccc1.Cc1ccc2c3ccccc3n(-c3cccc4c3sc3ccccc34)c2c1.Cc1ccc2c3ccccc3n(-c3ccccc3)c2c1.Cc1cccc(-n2c3ccccc3c3ccccc32)c1. The Morgan fingerprint density at radius 1 is 0.173 bits per heavy atom. The van der Waals surface area contributed by atoms with E-state index in [1.54, 1.807) is 0 Å². The Labute approximate surface area is 741 Å². The van der Waals surface area contributed by atoms with E-state index in [2.05, 4.69) is 495 Å². The predicted octanol–water partition coefficient (Wildman–Crippen LogP) is 33.4. The molecule has 7 heteroatoms. The van der Waals surface area contributed by atoms with Crippen molar-refractivity contribution in [2.75, 3.05) is 0 Å². The maximum atomic E-state index is 5.86. The average Bonchev–Trinajstić information content (AvgIpc) is 1.57. The fourth-order valence-electron chi connectivity index (χ4n) is 18.6. The Hall–Kier alpha value is -15.8. The third kappa shape index (κ3) is 14.8. The van der Waals surface area contributed by atoms with Gasteiger partial charge in [-0.1, -0.05) is 314 Å². The van der Waals surface area contributed by atoms with E-state index >= 15 is 0 Å². The maximum absolute atomic E-state index is 5.86. The second-order valence-corrected chi connectivity index (χ2v) is 34.2. The number of thiophene rings is 1. The summed E-state index contributed by atoms with van der Waals surface area (Å²) in [6.07, 6.45) is 0. The molecule has 7 heterocycles. The van der Waals surface area contributed by atoms with Gasteiger partial charge in [0.1, 0.15) is 11.2 Å². The lowest BCUT2D eigenvalue weighted by Gasteiger charge is -2.09. The summed E-state index contributed by atoms with van der Waals surface area (Å²) >= 11 is 1.89. The topological polar surface area (TPSA) is 37.8 Å². The number of benzene rings is 19. The second kappa shape index (κ2) is 33.8. The molecule has 0 spiro atoms. The predicted molar refractivity (Wildman–Crippen MR) is 544 cm³/mol. The van der Waals surface area contributed by atoms with E-state index < -0.39 is 0 Å². The van der Waals surface area contributed by atoms with Crippen LogP contribution in [0.25, 0.3) is 191 Å². The Morgan fingerprint density at radius 2 is 0.504 bits per heavy atom. The Kier molecular flexibility index (Phi) is 20.9. The molecule has 0 aliphatic heterocycles. The number of fused-ring (bicyclic) bond motifs is 21. The van der Waals surface area contributed by atoms with E-state index in [0.717, 1.165) is 11.2 Å². The minimum Gasteiger partial charge on any atom is -0.456 e. The molecule has 0 atom stereocenters. The van der Waals surface area contributed by atoms with Crippen LogP contribution in [-0.4, -0.2) is 22.8 Å². The molecule has 0 fully saturated rings. The molecule has 0 unspecified atom stereocenters. The monoisotopic (exact) mass is 1650 g/mol. The van der Waals surface area contributed by atoms with E-state index in [0.29, 0.717) is 0 Å². The van der Waals surface area contributed by atoms with Crippen molar-refractivity contribution in [2.45, 2.75) is 41.5 Å². The molecular weight excluding hydrogens is 1560 g/mol. The van der Waals surface area contributed by atoms with Crippen molar-refractivity contribution in [2.24, 2.45) is 0 Å². The Bertz CT molecular complexity index is 8470. The Balaban J connectivity index is 0.0000000932. The van der Waals surface area contributed by atoms with E-state index in [1.165, 1.54) is 213 Å². The first-order valence-electron chi connectivity index (χ1n) is 43.6. The quantitative estimate of drug-likeness (QED) is 0.163. The second-order valence-electron chi connectivity index (χ2n) is 33.1. The number of hydrogen-bond donors (Lipinski definition) is 0. The average molecular weight is 1650 g/mol. The molecule has 0 aliphatic rings. The van der Waals surface area contributed by atoms with Crippen LogP contribution in [0.15, 0.2) is 447 Å². The lowest BCUT2D eigenvalue weighted by Crippen LogP contribution is -1.94. The maximum Gasteiger partial charge on any atom is 0.135 e. The minimum absolute atomic E-state index is 0.946. The van der Waals surface area contributed by atoms with Crippen LogP contribution in [0.3, 0.4) is 0 Å². The lowest BCUT2D eigenvalue weighted by molar-refractivity contribution is 0.669. The zero-order chi connectivity index (χ0) is 85.6. The number of rotatable bonds is 6. The largest absolute Gasteiger partial charge is 0.456 e. The van der Waals surface area contributed by atoms with Crippen LogP contribution in [-0.2, 0) is 0 Å². The van der Waals surface area contributed by atoms with Crippen molar-refractivity contribution >= 4 is 162 Å². The van der Waals surface area contributed by atoms with Crippen LogP contribution < -0.4 is 0 Å². The standard InChI is InChI=1S/C25H17NS.4C19H15N.C19H14O/c1-16-13-14-18-17-7-2-4-10-21(17)26(23(18)15-16)22-11-6-9-20-19-8-3-5-12-24(19)27-25(20)22;1-14-7-6-8-15(13-14)20-18-11-4-2-9-16(18)17-10-3-5-12-19(17)20;1-14-10-12-15(13-11-14)20-18-8-4-2-6-16(18)17-7-3-5-9-19(17)20;1-14-11-12-19-17(13-14)16-9-5-6-10-18(16)20(19)15-7-3-2-4-8-15;1-14-11-12-17-16-9-5-6-10-18(16)20(19(17)13-14)15-7-3-2-4-8-15;1-13-6-8-14(9-7-13)15-10-11-19-17(12-15)16-4-2-3-5-18(16)20-19/h2-15H,1H3;4*2-13H,1H3;2-12H,1H3. The molecule has 0 amide bonds. The smallest absolute Gasteiger partial charge is 0.135 e. The highest BCUT2D eigenvalue weighted by Gasteiger charge is 2.20. The third-order valence-corrected chi connectivity index (χ3v) is 25.8. The van der Waals surface area contributed by atoms with Crippen LogP contribution in [0, 0.1) is 41.5 Å². The van der Waals surface area contributed by atoms with E-state index in [1.807, 2.05) is 23.5 Å². The van der Waals surface area contributed by atoms with Gasteiger partial charge < -0.3 is 27.3 Å². The first-order chi connectivity index (χ1) is 62.5. The van der Waals surface area contributed by atoms with Gasteiger partial charge in [0.05, 0.1) is 65.6 Å². The van der Waals surface area contributed by atoms with Gasteiger partial charge in [0, 0.05) is 103 Å². The summed E-state index contributed by atoms with van der Waals surface area (Å²) in [5, 5.41) is 18.2. The van der Waals surface area contributed by atoms with E-state index in [4.69, 9.17) is 4.42 Å². The van der Waals surface area contributed by atoms with Crippen molar-refractivity contribution in [3.05, 3.63) is 476 Å². The van der Waals surface area contributed by atoms with Gasteiger partial charge in [-0.25, -0.2) is 0 Å². The number of aromatic nitrogens is 5. The highest BCUT2D eigenvalue weighted by molar-refractivity contribution is 7.26. The minimum atomic E-state index is 0.946. The molecular formula is C120H91N5OS. The summed E-state index contributed by atoms with van der Waals surface area (Å²) in [6, 6.07) is 158. The molecule has 26 rings (SSSR count). The molecule has 26 aromatic rings. The first-order valence-corrected chi connectivity index (χ1v) is 44.4. The van der Waals surface area contributed by atoms with Crippen LogP contribution >= 0.6 is 11.3 Å². The fraction of sp³-hybridized carbons (Fsp3) is 0.0500. The third-order valence-electron chi connectivity index (χ3n) is 24.6. The summed E-state index contributed by atoms with van der Waals surface area (Å²) < 4.78 is 20.4. The number of furan rings is 1. The molecule has 0 bridgehead atoms. The molecule has 19 aromatic carbocycles. The molecule has 0 saturated carbocycles. The summed E-state index contributed by atoms with van der Waals surface area (Å²) in [4.78, 5) is 0. The van der Waals surface area contributed by atoms with Gasteiger partial charge in [0.2, 0.25) is 0 Å². The van der Waals surface area contributed by atoms with Gasteiger partial charge in [-0.2, -0.15) is 0 Å². The molecule has 7 aromatic heterocycles. The van der Waals surface area contributed by atoms with Crippen molar-refractivity contribution in [3.8, 4) is 39.6 Å². The van der Waals surface area contributed by atoms with Crippen LogP contribution in [0.5, 0.6) is 0 Å².